The molecule has 0 saturated heterocycles. The highest BCUT2D eigenvalue weighted by Gasteiger charge is 2.17. The molecule has 7 heteroatoms. The van der Waals surface area contributed by atoms with Crippen molar-refractivity contribution in [1.29, 1.82) is 0 Å². The molecule has 0 spiro atoms. The minimum absolute atomic E-state index is 0.0702. The van der Waals surface area contributed by atoms with Crippen molar-refractivity contribution in [2.75, 3.05) is 0 Å². The van der Waals surface area contributed by atoms with Crippen LogP contribution in [0.2, 0.25) is 0 Å². The van der Waals surface area contributed by atoms with Gasteiger partial charge in [0.15, 0.2) is 5.75 Å². The molecule has 1 heterocycles. The molecule has 0 amide bonds. The van der Waals surface area contributed by atoms with Crippen LogP contribution in [-0.4, -0.2) is 11.1 Å². The van der Waals surface area contributed by atoms with E-state index in [1.807, 2.05) is 0 Å². The Morgan fingerprint density at radius 3 is 2.39 bits per heavy atom. The second-order valence-electron chi connectivity index (χ2n) is 6.68. The fourth-order valence-electron chi connectivity index (χ4n) is 3.06. The summed E-state index contributed by atoms with van der Waals surface area (Å²) in [5.74, 6) is -0.123. The molecule has 0 radical (unpaired) electrons. The number of benzene rings is 3. The van der Waals surface area contributed by atoms with Crippen LogP contribution in [-0.2, 0) is 4.79 Å². The number of hydrogen-bond donors (Lipinski definition) is 1. The van der Waals surface area contributed by atoms with Gasteiger partial charge in [0.25, 0.3) is 6.43 Å². The number of carboxylic acids is 1. The molecular formula is C24H15F2O4S-. The monoisotopic (exact) mass is 437 g/mol. The molecule has 4 rings (SSSR count). The maximum Gasteiger partial charge on any atom is 0.328 e. The van der Waals surface area contributed by atoms with E-state index in [4.69, 9.17) is 9.84 Å². The van der Waals surface area contributed by atoms with Gasteiger partial charge < -0.3 is 14.9 Å². The molecule has 3 aromatic carbocycles. The highest BCUT2D eigenvalue weighted by Crippen LogP contribution is 2.47. The molecule has 31 heavy (non-hydrogen) atoms. The summed E-state index contributed by atoms with van der Waals surface area (Å²) < 4.78 is 32.7. The summed E-state index contributed by atoms with van der Waals surface area (Å²) >= 11 is 1.35. The van der Waals surface area contributed by atoms with Gasteiger partial charge in [0.05, 0.1) is 4.88 Å². The Kier molecular flexibility index (Phi) is 5.68. The lowest BCUT2D eigenvalue weighted by molar-refractivity contribution is -0.268. The van der Waals surface area contributed by atoms with Crippen LogP contribution in [0.15, 0.2) is 72.8 Å². The van der Waals surface area contributed by atoms with Gasteiger partial charge in [-0.1, -0.05) is 54.6 Å². The Balaban J connectivity index is 1.73. The second-order valence-corrected chi connectivity index (χ2v) is 7.74. The molecule has 156 valence electrons. The van der Waals surface area contributed by atoms with Crippen LogP contribution in [0.5, 0.6) is 17.2 Å². The number of alkyl halides is 2. The highest BCUT2D eigenvalue weighted by atomic mass is 32.1. The van der Waals surface area contributed by atoms with E-state index in [9.17, 15) is 18.7 Å². The summed E-state index contributed by atoms with van der Waals surface area (Å²) in [5, 5.41) is 21.3. The number of halogens is 2. The van der Waals surface area contributed by atoms with E-state index in [1.165, 1.54) is 41.7 Å². The zero-order chi connectivity index (χ0) is 22.0. The standard InChI is InChI=1S/C24H16F2O4S/c25-24(26)16-6-4-15(5-7-16)23-22(19-11-8-17(27)13-20(19)31-23)30-18-9-1-14(2-10-18)3-12-21(28)29/h1-13,24,27H,(H,28,29)/p-1. The second kappa shape index (κ2) is 8.57. The first-order valence-electron chi connectivity index (χ1n) is 9.21. The lowest BCUT2D eigenvalue weighted by Gasteiger charge is -2.10. The number of rotatable bonds is 6. The Morgan fingerprint density at radius 1 is 1.03 bits per heavy atom. The van der Waals surface area contributed by atoms with Gasteiger partial charge in [-0.15, -0.1) is 17.1 Å². The van der Waals surface area contributed by atoms with Crippen LogP contribution in [0, 0.1) is 0 Å². The van der Waals surface area contributed by atoms with Gasteiger partial charge in [-0.3, -0.25) is 0 Å². The fourth-order valence-corrected chi connectivity index (χ4v) is 4.22. The van der Waals surface area contributed by atoms with Crippen molar-refractivity contribution < 1.29 is 28.5 Å². The topological polar surface area (TPSA) is 69.6 Å². The maximum absolute atomic E-state index is 12.9. The molecule has 1 N–H and O–H groups in total. The lowest BCUT2D eigenvalue weighted by Crippen LogP contribution is -1.89. The molecule has 1 aromatic heterocycles. The number of hydrogen-bond acceptors (Lipinski definition) is 4. The molecule has 0 saturated carbocycles. The number of aliphatic carboxylic acids is 1. The number of ether oxygens (including phenoxy) is 1. The number of carboxylic acid groups (broad SMARTS) is 1. The van der Waals surface area contributed by atoms with E-state index >= 15 is 0 Å². The largest absolute Gasteiger partial charge is 0.872 e. The summed E-state index contributed by atoms with van der Waals surface area (Å²) in [5.41, 5.74) is 1.33. The quantitative estimate of drug-likeness (QED) is 0.351. The number of carbonyl (C=O) groups is 1. The predicted octanol–water partition coefficient (Wildman–Crippen LogP) is 6.47. The molecule has 0 aliphatic rings. The average molecular weight is 437 g/mol. The third kappa shape index (κ3) is 4.57. The van der Waals surface area contributed by atoms with Gasteiger partial charge in [-0.25, -0.2) is 13.6 Å². The van der Waals surface area contributed by atoms with E-state index in [1.54, 1.807) is 42.5 Å². The van der Waals surface area contributed by atoms with Gasteiger partial charge >= 0.3 is 5.97 Å². The summed E-state index contributed by atoms with van der Waals surface area (Å²) in [4.78, 5) is 11.4. The number of fused-ring (bicyclic) bond motifs is 1. The lowest BCUT2D eigenvalue weighted by atomic mass is 10.1. The van der Waals surface area contributed by atoms with Gasteiger partial charge in [0.1, 0.15) is 5.75 Å². The van der Waals surface area contributed by atoms with Crippen LogP contribution in [0.25, 0.3) is 26.6 Å². The normalized spacial score (nSPS) is 11.5. The van der Waals surface area contributed by atoms with Crippen LogP contribution in [0.1, 0.15) is 17.6 Å². The first-order chi connectivity index (χ1) is 14.9. The van der Waals surface area contributed by atoms with Gasteiger partial charge in [0.2, 0.25) is 0 Å². The summed E-state index contributed by atoms with van der Waals surface area (Å²) in [6.07, 6.45) is -0.0363. The molecule has 0 aliphatic heterocycles. The zero-order valence-corrected chi connectivity index (χ0v) is 16.7. The Bertz CT molecular complexity index is 1260. The maximum atomic E-state index is 12.9. The van der Waals surface area contributed by atoms with E-state index < -0.39 is 12.4 Å². The fraction of sp³-hybridized carbons (Fsp3) is 0.0417. The van der Waals surface area contributed by atoms with E-state index in [2.05, 4.69) is 0 Å². The van der Waals surface area contributed by atoms with Crippen molar-refractivity contribution >= 4 is 33.5 Å². The van der Waals surface area contributed by atoms with Crippen LogP contribution in [0.3, 0.4) is 0 Å². The first-order valence-corrected chi connectivity index (χ1v) is 10.0. The molecular weight excluding hydrogens is 422 g/mol. The van der Waals surface area contributed by atoms with E-state index in [0.29, 0.717) is 22.6 Å². The third-order valence-electron chi connectivity index (χ3n) is 4.56. The van der Waals surface area contributed by atoms with Gasteiger partial charge in [-0.05, 0) is 29.3 Å². The number of thiophene rings is 1. The minimum Gasteiger partial charge on any atom is -0.872 e. The SMILES string of the molecule is O=C(O)C=Cc1ccc(Oc2c(-c3ccc(C(F)F)cc3)sc3cc([O-])ccc23)cc1. The molecule has 0 bridgehead atoms. The summed E-state index contributed by atoms with van der Waals surface area (Å²) in [6, 6.07) is 17.5. The van der Waals surface area contributed by atoms with Crippen molar-refractivity contribution in [3.05, 3.63) is 83.9 Å². The van der Waals surface area contributed by atoms with Gasteiger partial charge in [-0.2, -0.15) is 0 Å². The first kappa shape index (κ1) is 20.6. The van der Waals surface area contributed by atoms with Crippen molar-refractivity contribution in [3.8, 4) is 27.7 Å². The van der Waals surface area contributed by atoms with Crippen LogP contribution < -0.4 is 9.84 Å². The van der Waals surface area contributed by atoms with E-state index in [-0.39, 0.29) is 11.3 Å². The smallest absolute Gasteiger partial charge is 0.328 e. The molecule has 0 aliphatic carbocycles. The molecule has 0 fully saturated rings. The van der Waals surface area contributed by atoms with Gasteiger partial charge in [0, 0.05) is 21.7 Å². The van der Waals surface area contributed by atoms with Crippen molar-refractivity contribution in [2.24, 2.45) is 0 Å². The van der Waals surface area contributed by atoms with Crippen molar-refractivity contribution in [1.82, 2.24) is 0 Å². The Morgan fingerprint density at radius 2 is 1.74 bits per heavy atom. The van der Waals surface area contributed by atoms with E-state index in [0.717, 1.165) is 21.0 Å². The summed E-state index contributed by atoms with van der Waals surface area (Å²) in [6.45, 7) is 0. The Hall–Kier alpha value is -3.71. The molecule has 4 nitrogen and oxygen atoms in total. The molecule has 4 aromatic rings. The average Bonchev–Trinajstić information content (AvgIpc) is 3.10. The zero-order valence-electron chi connectivity index (χ0n) is 15.9. The molecule has 0 unspecified atom stereocenters. The van der Waals surface area contributed by atoms with Crippen LogP contribution >= 0.6 is 11.3 Å². The summed E-state index contributed by atoms with van der Waals surface area (Å²) in [7, 11) is 0. The third-order valence-corrected chi connectivity index (χ3v) is 5.74. The highest BCUT2D eigenvalue weighted by molar-refractivity contribution is 7.22. The molecule has 0 atom stereocenters. The Labute approximate surface area is 180 Å². The predicted molar refractivity (Wildman–Crippen MR) is 115 cm³/mol. The van der Waals surface area contributed by atoms with Crippen LogP contribution in [0.4, 0.5) is 8.78 Å². The minimum atomic E-state index is -2.55. The van der Waals surface area contributed by atoms with Crippen molar-refractivity contribution in [3.63, 3.8) is 0 Å². The van der Waals surface area contributed by atoms with Crippen molar-refractivity contribution in [2.45, 2.75) is 6.43 Å².